The lowest BCUT2D eigenvalue weighted by atomic mass is 10.3. The SMILES string of the molecule is CCCNC(=O)c1sc(NCCCOCC)c(OC)c1N. The van der Waals surface area contributed by atoms with E-state index in [0.29, 0.717) is 29.5 Å². The van der Waals surface area contributed by atoms with E-state index < -0.39 is 0 Å². The van der Waals surface area contributed by atoms with Gasteiger partial charge in [-0.1, -0.05) is 6.92 Å². The second kappa shape index (κ2) is 9.46. The molecule has 0 unspecified atom stereocenters. The summed E-state index contributed by atoms with van der Waals surface area (Å²) in [6, 6.07) is 0. The molecule has 1 rings (SSSR count). The highest BCUT2D eigenvalue weighted by Crippen LogP contribution is 2.42. The number of anilines is 2. The number of carbonyl (C=O) groups is 1. The number of thiophene rings is 1. The van der Waals surface area contributed by atoms with Crippen LogP contribution < -0.4 is 21.1 Å². The van der Waals surface area contributed by atoms with E-state index in [1.807, 2.05) is 13.8 Å². The van der Waals surface area contributed by atoms with Crippen molar-refractivity contribution < 1.29 is 14.3 Å². The zero-order chi connectivity index (χ0) is 15.7. The summed E-state index contributed by atoms with van der Waals surface area (Å²) < 4.78 is 10.6. The van der Waals surface area contributed by atoms with Gasteiger partial charge >= 0.3 is 0 Å². The molecule has 0 saturated heterocycles. The topological polar surface area (TPSA) is 85.6 Å². The monoisotopic (exact) mass is 315 g/mol. The summed E-state index contributed by atoms with van der Waals surface area (Å²) in [5.41, 5.74) is 6.39. The lowest BCUT2D eigenvalue weighted by molar-refractivity contribution is 0.0958. The minimum Gasteiger partial charge on any atom is -0.492 e. The summed E-state index contributed by atoms with van der Waals surface area (Å²) in [5, 5.41) is 6.86. The number of amides is 1. The van der Waals surface area contributed by atoms with Crippen molar-refractivity contribution in [1.82, 2.24) is 5.32 Å². The van der Waals surface area contributed by atoms with Crippen molar-refractivity contribution in [1.29, 1.82) is 0 Å². The molecular formula is C14H25N3O3S. The quantitative estimate of drug-likeness (QED) is 0.577. The average Bonchev–Trinajstić information content (AvgIpc) is 2.80. The molecule has 1 aromatic rings. The number of hydrogen-bond donors (Lipinski definition) is 3. The fourth-order valence-electron chi connectivity index (χ4n) is 1.76. The summed E-state index contributed by atoms with van der Waals surface area (Å²) in [4.78, 5) is 12.5. The summed E-state index contributed by atoms with van der Waals surface area (Å²) in [6.07, 6.45) is 1.77. The predicted octanol–water partition coefficient (Wildman–Crippen LogP) is 2.32. The highest BCUT2D eigenvalue weighted by Gasteiger charge is 2.21. The molecule has 0 fully saturated rings. The Balaban J connectivity index is 2.68. The molecule has 6 nitrogen and oxygen atoms in total. The molecule has 7 heteroatoms. The van der Waals surface area contributed by atoms with Crippen LogP contribution in [0.3, 0.4) is 0 Å². The fourth-order valence-corrected chi connectivity index (χ4v) is 2.79. The number of methoxy groups -OCH3 is 1. The van der Waals surface area contributed by atoms with Gasteiger partial charge in [0.25, 0.3) is 5.91 Å². The molecule has 0 aliphatic heterocycles. The maximum absolute atomic E-state index is 12.0. The highest BCUT2D eigenvalue weighted by molar-refractivity contribution is 7.19. The molecule has 4 N–H and O–H groups in total. The van der Waals surface area contributed by atoms with E-state index in [2.05, 4.69) is 10.6 Å². The maximum Gasteiger partial charge on any atom is 0.263 e. The van der Waals surface area contributed by atoms with E-state index in [9.17, 15) is 4.79 Å². The van der Waals surface area contributed by atoms with Crippen molar-refractivity contribution in [2.45, 2.75) is 26.7 Å². The second-order valence-corrected chi connectivity index (χ2v) is 5.46. The van der Waals surface area contributed by atoms with Gasteiger partial charge in [0, 0.05) is 26.3 Å². The lowest BCUT2D eigenvalue weighted by Crippen LogP contribution is -2.23. The Labute approximate surface area is 130 Å². The van der Waals surface area contributed by atoms with Crippen LogP contribution >= 0.6 is 11.3 Å². The van der Waals surface area contributed by atoms with Crippen LogP contribution in [0.4, 0.5) is 10.7 Å². The normalized spacial score (nSPS) is 10.4. The Morgan fingerprint density at radius 1 is 1.33 bits per heavy atom. The molecule has 1 heterocycles. The van der Waals surface area contributed by atoms with Gasteiger partial charge in [0.1, 0.15) is 15.6 Å². The first-order valence-electron chi connectivity index (χ1n) is 7.21. The number of ether oxygens (including phenoxy) is 2. The minimum atomic E-state index is -0.153. The van der Waals surface area contributed by atoms with Crippen molar-refractivity contribution in [3.8, 4) is 5.75 Å². The molecule has 0 radical (unpaired) electrons. The maximum atomic E-state index is 12.0. The first-order chi connectivity index (χ1) is 10.2. The smallest absolute Gasteiger partial charge is 0.263 e. The number of hydrogen-bond acceptors (Lipinski definition) is 6. The van der Waals surface area contributed by atoms with Crippen LogP contribution in [0, 0.1) is 0 Å². The number of carbonyl (C=O) groups excluding carboxylic acids is 1. The van der Waals surface area contributed by atoms with Gasteiger partial charge in [-0.15, -0.1) is 11.3 Å². The molecule has 0 bridgehead atoms. The standard InChI is InChI=1S/C14H25N3O3S/c1-4-7-16-13(18)12-10(15)11(19-3)14(21-12)17-8-6-9-20-5-2/h17H,4-9,15H2,1-3H3,(H,16,18). The number of nitrogen functional groups attached to an aromatic ring is 1. The van der Waals surface area contributed by atoms with Crippen LogP contribution in [0.5, 0.6) is 5.75 Å². The van der Waals surface area contributed by atoms with Crippen molar-refractivity contribution in [3.63, 3.8) is 0 Å². The van der Waals surface area contributed by atoms with E-state index in [0.717, 1.165) is 31.0 Å². The first-order valence-corrected chi connectivity index (χ1v) is 8.03. The number of nitrogens with two attached hydrogens (primary N) is 1. The highest BCUT2D eigenvalue weighted by atomic mass is 32.1. The fraction of sp³-hybridized carbons (Fsp3) is 0.643. The summed E-state index contributed by atoms with van der Waals surface area (Å²) >= 11 is 1.32. The Kier molecular flexibility index (Phi) is 7.92. The lowest BCUT2D eigenvalue weighted by Gasteiger charge is -2.06. The molecular weight excluding hydrogens is 290 g/mol. The van der Waals surface area contributed by atoms with Gasteiger partial charge < -0.3 is 25.8 Å². The molecule has 0 spiro atoms. The van der Waals surface area contributed by atoms with Crippen LogP contribution in [-0.2, 0) is 4.74 Å². The van der Waals surface area contributed by atoms with Gasteiger partial charge in [-0.3, -0.25) is 4.79 Å². The molecule has 21 heavy (non-hydrogen) atoms. The third kappa shape index (κ3) is 5.09. The zero-order valence-electron chi connectivity index (χ0n) is 13.0. The van der Waals surface area contributed by atoms with E-state index in [-0.39, 0.29) is 5.91 Å². The van der Waals surface area contributed by atoms with Gasteiger partial charge in [0.15, 0.2) is 5.75 Å². The zero-order valence-corrected chi connectivity index (χ0v) is 13.8. The third-order valence-electron chi connectivity index (χ3n) is 2.80. The van der Waals surface area contributed by atoms with Crippen LogP contribution in [0.25, 0.3) is 0 Å². The minimum absolute atomic E-state index is 0.153. The van der Waals surface area contributed by atoms with Gasteiger partial charge in [0.05, 0.1) is 7.11 Å². The molecule has 0 atom stereocenters. The Morgan fingerprint density at radius 2 is 2.10 bits per heavy atom. The Morgan fingerprint density at radius 3 is 2.71 bits per heavy atom. The van der Waals surface area contributed by atoms with Crippen LogP contribution in [0.1, 0.15) is 36.4 Å². The molecule has 0 aliphatic carbocycles. The molecule has 120 valence electrons. The Hall–Kier alpha value is -1.47. The first kappa shape index (κ1) is 17.6. The average molecular weight is 315 g/mol. The number of rotatable bonds is 10. The van der Waals surface area contributed by atoms with Crippen LogP contribution in [0.2, 0.25) is 0 Å². The summed E-state index contributed by atoms with van der Waals surface area (Å²) in [5.74, 6) is 0.387. The number of nitrogens with one attached hydrogen (secondary N) is 2. The van der Waals surface area contributed by atoms with Crippen molar-refractivity contribution in [2.24, 2.45) is 0 Å². The predicted molar refractivity (Wildman–Crippen MR) is 87.5 cm³/mol. The molecule has 1 amide bonds. The third-order valence-corrected chi connectivity index (χ3v) is 3.94. The molecule has 0 saturated carbocycles. The van der Waals surface area contributed by atoms with E-state index in [1.165, 1.54) is 11.3 Å². The van der Waals surface area contributed by atoms with Crippen LogP contribution in [0.15, 0.2) is 0 Å². The van der Waals surface area contributed by atoms with Crippen molar-refractivity contribution >= 4 is 27.9 Å². The van der Waals surface area contributed by atoms with Gasteiger partial charge in [-0.05, 0) is 19.8 Å². The van der Waals surface area contributed by atoms with E-state index >= 15 is 0 Å². The molecule has 0 aromatic carbocycles. The molecule has 1 aromatic heterocycles. The van der Waals surface area contributed by atoms with Gasteiger partial charge in [0.2, 0.25) is 0 Å². The Bertz CT molecular complexity index is 449. The van der Waals surface area contributed by atoms with E-state index in [1.54, 1.807) is 7.11 Å². The van der Waals surface area contributed by atoms with E-state index in [4.69, 9.17) is 15.2 Å². The van der Waals surface area contributed by atoms with Crippen molar-refractivity contribution in [2.75, 3.05) is 44.5 Å². The van der Waals surface area contributed by atoms with Crippen molar-refractivity contribution in [3.05, 3.63) is 4.88 Å². The second-order valence-electron chi connectivity index (χ2n) is 4.44. The van der Waals surface area contributed by atoms with Crippen LogP contribution in [-0.4, -0.2) is 39.3 Å². The largest absolute Gasteiger partial charge is 0.492 e. The van der Waals surface area contributed by atoms with Gasteiger partial charge in [-0.2, -0.15) is 0 Å². The summed E-state index contributed by atoms with van der Waals surface area (Å²) in [7, 11) is 1.55. The molecule has 0 aliphatic rings. The summed E-state index contributed by atoms with van der Waals surface area (Å²) in [6.45, 7) is 6.77. The van der Waals surface area contributed by atoms with Gasteiger partial charge in [-0.25, -0.2) is 0 Å².